The third-order valence-corrected chi connectivity index (χ3v) is 3.02. The van der Waals surface area contributed by atoms with Crippen molar-refractivity contribution in [3.05, 3.63) is 42.0 Å². The quantitative estimate of drug-likeness (QED) is 0.738. The van der Waals surface area contributed by atoms with Crippen LogP contribution < -0.4 is 11.1 Å². The van der Waals surface area contributed by atoms with E-state index in [9.17, 15) is 19.5 Å². The molecule has 3 amide bonds. The maximum absolute atomic E-state index is 12.0. The molecule has 7 nitrogen and oxygen atoms in total. The number of aromatic hydroxyl groups is 1. The molecule has 0 aliphatic heterocycles. The molecule has 2 rings (SSSR count). The number of fused-ring (bicyclic) bond motifs is 1. The molecule has 0 bridgehead atoms. The van der Waals surface area contributed by atoms with Crippen LogP contribution in [0.15, 0.2) is 36.4 Å². The SMILES string of the molecule is CC(OC(=O)c1ccc2ccccc2c1O)C(=O)NC(N)=O. The van der Waals surface area contributed by atoms with Crippen molar-refractivity contribution in [3.8, 4) is 5.75 Å². The molecule has 22 heavy (non-hydrogen) atoms. The Morgan fingerprint density at radius 1 is 1.18 bits per heavy atom. The van der Waals surface area contributed by atoms with Gasteiger partial charge in [-0.05, 0) is 18.4 Å². The zero-order valence-corrected chi connectivity index (χ0v) is 11.7. The van der Waals surface area contributed by atoms with Gasteiger partial charge in [0.05, 0.1) is 0 Å². The smallest absolute Gasteiger partial charge is 0.342 e. The average molecular weight is 302 g/mol. The average Bonchev–Trinajstić information content (AvgIpc) is 2.47. The van der Waals surface area contributed by atoms with Crippen LogP contribution in [0.4, 0.5) is 4.79 Å². The van der Waals surface area contributed by atoms with Crippen molar-refractivity contribution in [3.63, 3.8) is 0 Å². The Bertz CT molecular complexity index is 757. The van der Waals surface area contributed by atoms with Crippen LogP contribution >= 0.6 is 0 Å². The summed E-state index contributed by atoms with van der Waals surface area (Å²) in [6.07, 6.45) is -1.23. The number of phenolic OH excluding ortho intramolecular Hbond substituents is 1. The van der Waals surface area contributed by atoms with E-state index in [2.05, 4.69) is 0 Å². The van der Waals surface area contributed by atoms with Crippen LogP contribution in [0.1, 0.15) is 17.3 Å². The van der Waals surface area contributed by atoms with Crippen molar-refractivity contribution in [2.75, 3.05) is 0 Å². The zero-order valence-electron chi connectivity index (χ0n) is 11.7. The van der Waals surface area contributed by atoms with E-state index in [1.807, 2.05) is 0 Å². The Hall–Kier alpha value is -3.09. The number of ether oxygens (including phenoxy) is 1. The third-order valence-electron chi connectivity index (χ3n) is 3.02. The molecule has 2 aromatic rings. The molecule has 0 spiro atoms. The number of urea groups is 1. The van der Waals surface area contributed by atoms with E-state index in [0.717, 1.165) is 5.39 Å². The highest BCUT2D eigenvalue weighted by atomic mass is 16.5. The molecule has 1 unspecified atom stereocenters. The van der Waals surface area contributed by atoms with E-state index in [1.54, 1.807) is 35.6 Å². The summed E-state index contributed by atoms with van der Waals surface area (Å²) in [5.41, 5.74) is 4.74. The Labute approximate surface area is 125 Å². The normalized spacial score (nSPS) is 11.7. The highest BCUT2D eigenvalue weighted by molar-refractivity contribution is 6.02. The minimum Gasteiger partial charge on any atom is -0.506 e. The Morgan fingerprint density at radius 3 is 2.55 bits per heavy atom. The van der Waals surface area contributed by atoms with Gasteiger partial charge in [-0.2, -0.15) is 0 Å². The van der Waals surface area contributed by atoms with E-state index in [4.69, 9.17) is 10.5 Å². The standard InChI is InChI=1S/C15H14N2O5/c1-8(13(19)17-15(16)21)22-14(20)11-7-6-9-4-2-3-5-10(9)12(11)18/h2-8,18H,1H3,(H3,16,17,19,21). The van der Waals surface area contributed by atoms with Gasteiger partial charge in [0.2, 0.25) is 0 Å². The maximum atomic E-state index is 12.0. The minimum atomic E-state index is -1.23. The fourth-order valence-electron chi connectivity index (χ4n) is 1.92. The van der Waals surface area contributed by atoms with Crippen LogP contribution in [0, 0.1) is 0 Å². The summed E-state index contributed by atoms with van der Waals surface area (Å²) in [6.45, 7) is 1.29. The number of nitrogens with one attached hydrogen (secondary N) is 1. The van der Waals surface area contributed by atoms with Gasteiger partial charge >= 0.3 is 12.0 Å². The molecule has 2 aromatic carbocycles. The largest absolute Gasteiger partial charge is 0.506 e. The predicted octanol–water partition coefficient (Wildman–Crippen LogP) is 1.29. The van der Waals surface area contributed by atoms with E-state index in [-0.39, 0.29) is 11.3 Å². The fraction of sp³-hybridized carbons (Fsp3) is 0.133. The van der Waals surface area contributed by atoms with E-state index in [1.165, 1.54) is 13.0 Å². The van der Waals surface area contributed by atoms with E-state index < -0.39 is 24.0 Å². The third kappa shape index (κ3) is 3.14. The molecular formula is C15H14N2O5. The number of primary amides is 1. The topological polar surface area (TPSA) is 119 Å². The Kier molecular flexibility index (Phi) is 4.26. The van der Waals surface area contributed by atoms with Crippen LogP contribution in [-0.4, -0.2) is 29.1 Å². The second-order valence-corrected chi connectivity index (χ2v) is 4.58. The molecule has 0 fully saturated rings. The lowest BCUT2D eigenvalue weighted by atomic mass is 10.1. The molecule has 4 N–H and O–H groups in total. The van der Waals surface area contributed by atoms with Gasteiger partial charge in [-0.15, -0.1) is 0 Å². The monoisotopic (exact) mass is 302 g/mol. The number of rotatable bonds is 3. The number of esters is 1. The molecule has 0 heterocycles. The predicted molar refractivity (Wildman–Crippen MR) is 78.2 cm³/mol. The van der Waals surface area contributed by atoms with E-state index in [0.29, 0.717) is 5.39 Å². The van der Waals surface area contributed by atoms with Crippen molar-refractivity contribution in [1.29, 1.82) is 0 Å². The van der Waals surface area contributed by atoms with Crippen molar-refractivity contribution in [2.24, 2.45) is 5.73 Å². The van der Waals surface area contributed by atoms with Gasteiger partial charge in [0.25, 0.3) is 5.91 Å². The first kappa shape index (κ1) is 15.3. The van der Waals surface area contributed by atoms with Gasteiger partial charge in [-0.25, -0.2) is 9.59 Å². The molecule has 0 saturated carbocycles. The van der Waals surface area contributed by atoms with E-state index >= 15 is 0 Å². The summed E-state index contributed by atoms with van der Waals surface area (Å²) < 4.78 is 4.91. The molecule has 0 aromatic heterocycles. The molecule has 0 radical (unpaired) electrons. The first-order valence-electron chi connectivity index (χ1n) is 6.42. The maximum Gasteiger partial charge on any atom is 0.342 e. The Balaban J connectivity index is 2.21. The van der Waals surface area contributed by atoms with Gasteiger partial charge in [-0.1, -0.05) is 30.3 Å². The molecule has 0 aliphatic carbocycles. The molecule has 0 aliphatic rings. The van der Waals surface area contributed by atoms with Gasteiger partial charge in [0, 0.05) is 5.39 Å². The molecule has 114 valence electrons. The van der Waals surface area contributed by atoms with Crippen LogP contribution in [0.25, 0.3) is 10.8 Å². The minimum absolute atomic E-state index is 0.0718. The number of carbonyl (C=O) groups excluding carboxylic acids is 3. The number of imide groups is 1. The number of benzene rings is 2. The summed E-state index contributed by atoms with van der Waals surface area (Å²) in [7, 11) is 0. The second-order valence-electron chi connectivity index (χ2n) is 4.58. The van der Waals surface area contributed by atoms with Crippen LogP contribution in [0.3, 0.4) is 0 Å². The second kappa shape index (κ2) is 6.13. The van der Waals surface area contributed by atoms with Gasteiger partial charge in [0.1, 0.15) is 11.3 Å². The molecule has 1 atom stereocenters. The first-order chi connectivity index (χ1) is 10.4. The summed E-state index contributed by atoms with van der Waals surface area (Å²) in [5, 5.41) is 13.2. The zero-order chi connectivity index (χ0) is 16.3. The van der Waals surface area contributed by atoms with Crippen molar-refractivity contribution in [2.45, 2.75) is 13.0 Å². The van der Waals surface area contributed by atoms with Crippen molar-refractivity contribution in [1.82, 2.24) is 5.32 Å². The lowest BCUT2D eigenvalue weighted by Gasteiger charge is -2.13. The van der Waals surface area contributed by atoms with Crippen LogP contribution in [0.2, 0.25) is 0 Å². The highest BCUT2D eigenvalue weighted by Crippen LogP contribution is 2.29. The number of hydrogen-bond acceptors (Lipinski definition) is 5. The highest BCUT2D eigenvalue weighted by Gasteiger charge is 2.22. The number of carbonyl (C=O) groups is 3. The summed E-state index contributed by atoms with van der Waals surface area (Å²) >= 11 is 0. The fourth-order valence-corrected chi connectivity index (χ4v) is 1.92. The number of phenols is 1. The van der Waals surface area contributed by atoms with Crippen molar-refractivity contribution >= 4 is 28.7 Å². The molecule has 7 heteroatoms. The van der Waals surface area contributed by atoms with Gasteiger partial charge < -0.3 is 15.6 Å². The lowest BCUT2D eigenvalue weighted by molar-refractivity contribution is -0.127. The van der Waals surface area contributed by atoms with Crippen LogP contribution in [0.5, 0.6) is 5.75 Å². The molecular weight excluding hydrogens is 288 g/mol. The number of nitrogens with two attached hydrogens (primary N) is 1. The van der Waals surface area contributed by atoms with Gasteiger partial charge in [-0.3, -0.25) is 10.1 Å². The Morgan fingerprint density at radius 2 is 1.86 bits per heavy atom. The van der Waals surface area contributed by atoms with Crippen LogP contribution in [-0.2, 0) is 9.53 Å². The first-order valence-corrected chi connectivity index (χ1v) is 6.42. The number of hydrogen-bond donors (Lipinski definition) is 3. The summed E-state index contributed by atoms with van der Waals surface area (Å²) in [5.74, 6) is -1.96. The number of amides is 3. The molecule has 0 saturated heterocycles. The summed E-state index contributed by atoms with van der Waals surface area (Å²) in [4.78, 5) is 34.1. The lowest BCUT2D eigenvalue weighted by Crippen LogP contribution is -2.42. The van der Waals surface area contributed by atoms with Crippen molar-refractivity contribution < 1.29 is 24.2 Å². The van der Waals surface area contributed by atoms with Gasteiger partial charge in [0.15, 0.2) is 6.10 Å². The summed E-state index contributed by atoms with van der Waals surface area (Å²) in [6, 6.07) is 8.98.